The van der Waals surface area contributed by atoms with Gasteiger partial charge < -0.3 is 4.74 Å². The third-order valence-electron chi connectivity index (χ3n) is 3.00. The molecule has 0 saturated carbocycles. The van der Waals surface area contributed by atoms with E-state index >= 15 is 0 Å². The van der Waals surface area contributed by atoms with Crippen LogP contribution in [0, 0.1) is 13.8 Å². The van der Waals surface area contributed by atoms with Crippen molar-refractivity contribution in [1.82, 2.24) is 15.0 Å². The second-order valence-corrected chi connectivity index (χ2v) is 6.01. The number of thiazole rings is 1. The summed E-state index contributed by atoms with van der Waals surface area (Å²) in [7, 11) is 1.63. The summed E-state index contributed by atoms with van der Waals surface area (Å²) in [6.07, 6.45) is 1.77. The zero-order valence-electron chi connectivity index (χ0n) is 11.3. The molecule has 6 heteroatoms. The number of halogens is 1. The minimum atomic E-state index is 0.429. The van der Waals surface area contributed by atoms with E-state index < -0.39 is 0 Å². The van der Waals surface area contributed by atoms with E-state index in [9.17, 15) is 0 Å². The molecule has 4 nitrogen and oxygen atoms in total. The first-order valence-electron chi connectivity index (χ1n) is 6.03. The molecule has 0 radical (unpaired) electrons. The first-order chi connectivity index (χ1) is 9.58. The van der Waals surface area contributed by atoms with E-state index in [2.05, 4.69) is 15.0 Å². The summed E-state index contributed by atoms with van der Waals surface area (Å²) in [4.78, 5) is 14.1. The van der Waals surface area contributed by atoms with Gasteiger partial charge in [-0.15, -0.1) is 11.3 Å². The molecule has 0 fully saturated rings. The fraction of sp³-hybridized carbons (Fsp3) is 0.214. The number of aryl methyl sites for hydroxylation is 2. The van der Waals surface area contributed by atoms with Gasteiger partial charge in [0, 0.05) is 11.6 Å². The molecule has 0 saturated heterocycles. The molecule has 1 aromatic carbocycles. The largest absolute Gasteiger partial charge is 0.497 e. The lowest BCUT2D eigenvalue weighted by atomic mass is 10.1. The Morgan fingerprint density at radius 3 is 2.65 bits per heavy atom. The lowest BCUT2D eigenvalue weighted by Gasteiger charge is -2.08. The van der Waals surface area contributed by atoms with E-state index in [1.807, 2.05) is 26.0 Å². The third-order valence-corrected chi connectivity index (χ3v) is 4.19. The van der Waals surface area contributed by atoms with E-state index in [-0.39, 0.29) is 0 Å². The quantitative estimate of drug-likeness (QED) is 0.671. The van der Waals surface area contributed by atoms with Crippen LogP contribution in [0.25, 0.3) is 21.6 Å². The SMILES string of the molecule is COc1cc(C)c2nc(-c3cnc(C)s3)nc(Cl)c2c1. The normalized spacial score (nSPS) is 11.0. The van der Waals surface area contributed by atoms with Crippen LogP contribution in [-0.4, -0.2) is 22.1 Å². The summed E-state index contributed by atoms with van der Waals surface area (Å²) in [6, 6.07) is 3.79. The summed E-state index contributed by atoms with van der Waals surface area (Å²) >= 11 is 7.85. The molecule has 3 aromatic rings. The Kier molecular flexibility index (Phi) is 3.31. The fourth-order valence-corrected chi connectivity index (χ4v) is 2.96. The molecule has 0 amide bonds. The van der Waals surface area contributed by atoms with Crippen LogP contribution >= 0.6 is 22.9 Å². The molecule has 0 aliphatic rings. The summed E-state index contributed by atoms with van der Waals surface area (Å²) in [6.45, 7) is 3.93. The molecule has 2 aromatic heterocycles. The predicted molar refractivity (Wildman–Crippen MR) is 81.7 cm³/mol. The van der Waals surface area contributed by atoms with Crippen molar-refractivity contribution in [1.29, 1.82) is 0 Å². The zero-order valence-corrected chi connectivity index (χ0v) is 12.8. The van der Waals surface area contributed by atoms with Gasteiger partial charge in [0.15, 0.2) is 5.82 Å². The van der Waals surface area contributed by atoms with Crippen LogP contribution in [0.15, 0.2) is 18.3 Å². The lowest BCUT2D eigenvalue weighted by Crippen LogP contribution is -1.94. The third kappa shape index (κ3) is 2.23. The topological polar surface area (TPSA) is 47.9 Å². The molecular weight excluding hydrogens is 294 g/mol. The Morgan fingerprint density at radius 1 is 1.20 bits per heavy atom. The summed E-state index contributed by atoms with van der Waals surface area (Å²) in [5.41, 5.74) is 1.85. The average Bonchev–Trinajstić information content (AvgIpc) is 2.86. The van der Waals surface area contributed by atoms with Crippen LogP contribution in [0.2, 0.25) is 5.15 Å². The average molecular weight is 306 g/mol. The highest BCUT2D eigenvalue weighted by Crippen LogP contribution is 2.31. The Morgan fingerprint density at radius 2 is 2.00 bits per heavy atom. The number of aromatic nitrogens is 3. The van der Waals surface area contributed by atoms with Gasteiger partial charge >= 0.3 is 0 Å². The first-order valence-corrected chi connectivity index (χ1v) is 7.22. The maximum atomic E-state index is 6.30. The van der Waals surface area contributed by atoms with Crippen molar-refractivity contribution in [3.63, 3.8) is 0 Å². The molecule has 0 spiro atoms. The number of hydrogen-bond donors (Lipinski definition) is 0. The molecule has 0 unspecified atom stereocenters. The van der Waals surface area contributed by atoms with E-state index in [4.69, 9.17) is 16.3 Å². The van der Waals surface area contributed by atoms with Gasteiger partial charge in [0.25, 0.3) is 0 Å². The first kappa shape index (κ1) is 13.3. The van der Waals surface area contributed by atoms with E-state index in [1.54, 1.807) is 24.6 Å². The highest BCUT2D eigenvalue weighted by Gasteiger charge is 2.13. The van der Waals surface area contributed by atoms with Crippen molar-refractivity contribution in [3.8, 4) is 16.5 Å². The van der Waals surface area contributed by atoms with Gasteiger partial charge in [0.05, 0.1) is 22.5 Å². The standard InChI is InChI=1S/C14H12ClN3OS/c1-7-4-9(19-3)5-10-12(7)17-14(18-13(10)15)11-6-16-8(2)20-11/h4-6H,1-3H3. The number of methoxy groups -OCH3 is 1. The number of fused-ring (bicyclic) bond motifs is 1. The molecule has 20 heavy (non-hydrogen) atoms. The summed E-state index contributed by atoms with van der Waals surface area (Å²) in [5.74, 6) is 1.36. The van der Waals surface area contributed by atoms with Gasteiger partial charge in [-0.3, -0.25) is 0 Å². The Bertz CT molecular complexity index is 800. The van der Waals surface area contributed by atoms with Gasteiger partial charge in [-0.05, 0) is 31.5 Å². The molecule has 2 heterocycles. The van der Waals surface area contributed by atoms with Crippen LogP contribution in [0.1, 0.15) is 10.6 Å². The Balaban J connectivity index is 2.26. The van der Waals surface area contributed by atoms with Crippen LogP contribution in [-0.2, 0) is 0 Å². The van der Waals surface area contributed by atoms with Crippen LogP contribution in [0.4, 0.5) is 0 Å². The molecular formula is C14H12ClN3OS. The van der Waals surface area contributed by atoms with Gasteiger partial charge in [0.1, 0.15) is 10.9 Å². The van der Waals surface area contributed by atoms with Crippen molar-refractivity contribution >= 4 is 33.8 Å². The van der Waals surface area contributed by atoms with E-state index in [1.165, 1.54) is 0 Å². The van der Waals surface area contributed by atoms with Gasteiger partial charge in [-0.25, -0.2) is 15.0 Å². The number of hydrogen-bond acceptors (Lipinski definition) is 5. The van der Waals surface area contributed by atoms with Crippen LogP contribution in [0.5, 0.6) is 5.75 Å². The molecule has 0 N–H and O–H groups in total. The predicted octanol–water partition coefficient (Wildman–Crippen LogP) is 4.03. The molecule has 102 valence electrons. The van der Waals surface area contributed by atoms with E-state index in [0.717, 1.165) is 32.1 Å². The van der Waals surface area contributed by atoms with Crippen molar-refractivity contribution in [2.24, 2.45) is 0 Å². The number of ether oxygens (including phenoxy) is 1. The second-order valence-electron chi connectivity index (χ2n) is 4.42. The van der Waals surface area contributed by atoms with Crippen molar-refractivity contribution in [3.05, 3.63) is 34.1 Å². The molecule has 0 aliphatic carbocycles. The van der Waals surface area contributed by atoms with Gasteiger partial charge in [0.2, 0.25) is 0 Å². The maximum absolute atomic E-state index is 6.30. The molecule has 0 atom stereocenters. The highest BCUT2D eigenvalue weighted by atomic mass is 35.5. The number of benzene rings is 1. The smallest absolute Gasteiger partial charge is 0.173 e. The van der Waals surface area contributed by atoms with Crippen molar-refractivity contribution < 1.29 is 4.74 Å². The summed E-state index contributed by atoms with van der Waals surface area (Å²) < 4.78 is 5.25. The summed E-state index contributed by atoms with van der Waals surface area (Å²) in [5, 5.41) is 2.21. The van der Waals surface area contributed by atoms with Gasteiger partial charge in [-0.1, -0.05) is 11.6 Å². The number of rotatable bonds is 2. The monoisotopic (exact) mass is 305 g/mol. The Hall–Kier alpha value is -1.72. The maximum Gasteiger partial charge on any atom is 0.173 e. The minimum Gasteiger partial charge on any atom is -0.497 e. The zero-order chi connectivity index (χ0) is 14.3. The second kappa shape index (κ2) is 5.00. The fourth-order valence-electron chi connectivity index (χ4n) is 2.03. The van der Waals surface area contributed by atoms with Crippen LogP contribution < -0.4 is 4.74 Å². The van der Waals surface area contributed by atoms with Gasteiger partial charge in [-0.2, -0.15) is 0 Å². The Labute approximate surface area is 125 Å². The highest BCUT2D eigenvalue weighted by molar-refractivity contribution is 7.14. The number of nitrogens with zero attached hydrogens (tertiary/aromatic N) is 3. The minimum absolute atomic E-state index is 0.429. The van der Waals surface area contributed by atoms with E-state index in [0.29, 0.717) is 11.0 Å². The van der Waals surface area contributed by atoms with Crippen molar-refractivity contribution in [2.75, 3.05) is 7.11 Å². The molecule has 3 rings (SSSR count). The lowest BCUT2D eigenvalue weighted by molar-refractivity contribution is 0.415. The van der Waals surface area contributed by atoms with Crippen molar-refractivity contribution in [2.45, 2.75) is 13.8 Å². The molecule has 0 aliphatic heterocycles. The van der Waals surface area contributed by atoms with Crippen LogP contribution in [0.3, 0.4) is 0 Å². The molecule has 0 bridgehead atoms.